The molecule has 2 aromatic rings. The number of hydrogen-bond donors (Lipinski definition) is 1. The number of benzene rings is 1. The van der Waals surface area contributed by atoms with Crippen molar-refractivity contribution in [1.82, 2.24) is 19.8 Å². The van der Waals surface area contributed by atoms with Crippen LogP contribution in [0, 0.1) is 18.8 Å². The number of carbonyl (C=O) groups is 1. The quantitative estimate of drug-likeness (QED) is 0.573. The van der Waals surface area contributed by atoms with Gasteiger partial charge >= 0.3 is 0 Å². The largest absolute Gasteiger partial charge is 0.483 e. The molecule has 0 saturated carbocycles. The summed E-state index contributed by atoms with van der Waals surface area (Å²) in [5, 5.41) is 3.49. The Balaban J connectivity index is 1.15. The smallest absolute Gasteiger partial charge is 0.298 e. The van der Waals surface area contributed by atoms with Gasteiger partial charge in [0.05, 0.1) is 22.8 Å². The number of aromatic nitrogens is 2. The van der Waals surface area contributed by atoms with Gasteiger partial charge in [-0.3, -0.25) is 9.69 Å². The van der Waals surface area contributed by atoms with Gasteiger partial charge in [-0.25, -0.2) is 18.4 Å². The van der Waals surface area contributed by atoms with Crippen LogP contribution in [0.2, 0.25) is 0 Å². The number of carbonyl (C=O) groups excluding carboxylic acids is 1. The number of sulfone groups is 1. The van der Waals surface area contributed by atoms with Crippen LogP contribution in [0.5, 0.6) is 5.75 Å². The van der Waals surface area contributed by atoms with Gasteiger partial charge in [0, 0.05) is 55.3 Å². The molecule has 2 atom stereocenters. The molecule has 1 amide bonds. The summed E-state index contributed by atoms with van der Waals surface area (Å²) in [5.41, 5.74) is 3.86. The zero-order chi connectivity index (χ0) is 29.8. The van der Waals surface area contributed by atoms with E-state index in [1.807, 2.05) is 18.7 Å². The molecule has 206 valence electrons. The second-order valence-corrected chi connectivity index (χ2v) is 13.1. The summed E-state index contributed by atoms with van der Waals surface area (Å²) in [6, 6.07) is 4.52. The van der Waals surface area contributed by atoms with Gasteiger partial charge in [0.15, 0.2) is 9.84 Å². The van der Waals surface area contributed by atoms with E-state index >= 15 is 0 Å². The van der Waals surface area contributed by atoms with Crippen LogP contribution < -0.4 is 15.0 Å². The van der Waals surface area contributed by atoms with Crippen molar-refractivity contribution in [3.63, 3.8) is 0 Å². The molecule has 1 aromatic heterocycles. The van der Waals surface area contributed by atoms with E-state index in [2.05, 4.69) is 44.2 Å². The van der Waals surface area contributed by atoms with E-state index in [9.17, 15) is 13.2 Å². The first kappa shape index (κ1) is 22.5. The zero-order valence-electron chi connectivity index (χ0n) is 25.1. The van der Waals surface area contributed by atoms with Crippen LogP contribution in [0.15, 0.2) is 18.5 Å². The van der Waals surface area contributed by atoms with E-state index in [1.165, 1.54) is 11.9 Å². The van der Waals surface area contributed by atoms with E-state index in [1.54, 1.807) is 4.90 Å². The lowest BCUT2D eigenvalue weighted by molar-refractivity contribution is -0.124. The topological polar surface area (TPSA) is 108 Å². The summed E-state index contributed by atoms with van der Waals surface area (Å²) >= 11 is 0. The van der Waals surface area contributed by atoms with Gasteiger partial charge < -0.3 is 19.9 Å². The van der Waals surface area contributed by atoms with E-state index in [0.29, 0.717) is 43.7 Å². The van der Waals surface area contributed by atoms with Gasteiger partial charge in [-0.1, -0.05) is 12.0 Å². The van der Waals surface area contributed by atoms with Crippen molar-refractivity contribution in [2.45, 2.75) is 45.2 Å². The molecule has 0 spiro atoms. The van der Waals surface area contributed by atoms with Gasteiger partial charge in [-0.2, -0.15) is 0 Å². The lowest BCUT2D eigenvalue weighted by Gasteiger charge is -2.43. The summed E-state index contributed by atoms with van der Waals surface area (Å²) in [5.74, 6) is 6.55. The number of hydrogen-bond acceptors (Lipinski definition) is 9. The number of amides is 1. The first-order valence-corrected chi connectivity index (χ1v) is 15.1. The fraction of sp³-hybridized carbons (Fsp3) is 0.536. The van der Waals surface area contributed by atoms with Crippen molar-refractivity contribution in [2.75, 3.05) is 61.0 Å². The summed E-state index contributed by atoms with van der Waals surface area (Å²) in [6.45, 7) is 5.20. The minimum Gasteiger partial charge on any atom is -0.483 e. The van der Waals surface area contributed by atoms with Gasteiger partial charge in [0.1, 0.15) is 29.8 Å². The Morgan fingerprint density at radius 1 is 1.18 bits per heavy atom. The zero-order valence-corrected chi connectivity index (χ0v) is 22.9. The van der Waals surface area contributed by atoms with Crippen LogP contribution in [0.1, 0.15) is 53.0 Å². The Hall–Kier alpha value is -3.36. The minimum atomic E-state index is -3.03. The molecule has 4 aliphatic rings. The fourth-order valence-electron chi connectivity index (χ4n) is 6.07. The van der Waals surface area contributed by atoms with Crippen LogP contribution in [0.3, 0.4) is 0 Å². The number of likely N-dealkylation sites (tertiary alicyclic amines) is 2. The predicted molar refractivity (Wildman–Crippen MR) is 149 cm³/mol. The van der Waals surface area contributed by atoms with Crippen molar-refractivity contribution in [1.29, 1.82) is 0 Å². The van der Waals surface area contributed by atoms with E-state index in [4.69, 9.17) is 8.85 Å². The van der Waals surface area contributed by atoms with Crippen molar-refractivity contribution in [3.05, 3.63) is 35.2 Å². The summed E-state index contributed by atoms with van der Waals surface area (Å²) in [4.78, 5) is 27.4. The monoisotopic (exact) mass is 553 g/mol. The molecule has 6 rings (SSSR count). The Labute approximate surface area is 233 Å². The molecule has 1 aromatic carbocycles. The maximum Gasteiger partial charge on any atom is 0.298 e. The van der Waals surface area contributed by atoms with Crippen LogP contribution in [0.4, 0.5) is 17.3 Å². The standard InChI is InChI=1S/C28H34N6O4S/c1-4-5-24(35)33-7-6-22(16-33)34-14-21(15-34)20-12-18(2)26-23(13-20)31-27-25(19(3)38-26)28(30-17-29-27)32-8-10-39(36,37)11-9-32/h12-13,17,19,21-22H,6-11,14-16H2,1-3H3,(H,29,30,31)/t19-,22+/m1/s1/i1D3. The molecule has 3 saturated heterocycles. The lowest BCUT2D eigenvalue weighted by Crippen LogP contribution is -2.51. The first-order chi connectivity index (χ1) is 19.9. The van der Waals surface area contributed by atoms with Gasteiger partial charge in [-0.15, -0.1) is 0 Å². The molecule has 0 bridgehead atoms. The SMILES string of the molecule is [2H]C([2H])([2H])C#CC(=O)N1CC[C@H](N2CC(c3cc(C)c4c(c3)Nc3ncnc(N5CCS(=O)(=O)CC5)c3[C@@H](C)O4)C2)C1. The Kier molecular flexibility index (Phi) is 5.75. The van der Waals surface area contributed by atoms with Crippen LogP contribution in [-0.2, 0) is 14.6 Å². The number of nitrogens with one attached hydrogen (secondary N) is 1. The van der Waals surface area contributed by atoms with Gasteiger partial charge in [-0.05, 0) is 50.2 Å². The van der Waals surface area contributed by atoms with Crippen LogP contribution in [0.25, 0.3) is 0 Å². The van der Waals surface area contributed by atoms with Crippen molar-refractivity contribution in [3.8, 4) is 17.6 Å². The number of fused-ring (bicyclic) bond motifs is 2. The fourth-order valence-corrected chi connectivity index (χ4v) is 7.27. The normalized spacial score (nSPS) is 25.7. The number of anilines is 3. The second kappa shape index (κ2) is 9.99. The Morgan fingerprint density at radius 2 is 1.97 bits per heavy atom. The summed E-state index contributed by atoms with van der Waals surface area (Å²) in [6.07, 6.45) is 2.00. The molecule has 11 heteroatoms. The predicted octanol–water partition coefficient (Wildman–Crippen LogP) is 2.24. The number of aryl methyl sites for hydroxylation is 1. The van der Waals surface area contributed by atoms with Crippen molar-refractivity contribution < 1.29 is 22.1 Å². The second-order valence-electron chi connectivity index (χ2n) is 10.8. The lowest BCUT2D eigenvalue weighted by atomic mass is 9.88. The average molecular weight is 554 g/mol. The highest BCUT2D eigenvalue weighted by molar-refractivity contribution is 7.91. The maximum atomic E-state index is 12.3. The average Bonchev–Trinajstić information content (AvgIpc) is 3.32. The Morgan fingerprint density at radius 3 is 2.74 bits per heavy atom. The van der Waals surface area contributed by atoms with E-state index < -0.39 is 22.6 Å². The highest BCUT2D eigenvalue weighted by Crippen LogP contribution is 2.45. The molecular formula is C28H34N6O4S. The highest BCUT2D eigenvalue weighted by atomic mass is 32.2. The highest BCUT2D eigenvalue weighted by Gasteiger charge is 2.38. The Bertz CT molecular complexity index is 1570. The summed E-state index contributed by atoms with van der Waals surface area (Å²) in [7, 11) is -3.03. The van der Waals surface area contributed by atoms with Crippen LogP contribution in [-0.4, -0.2) is 90.9 Å². The molecule has 10 nitrogen and oxygen atoms in total. The molecular weight excluding hydrogens is 516 g/mol. The molecule has 4 aliphatic heterocycles. The van der Waals surface area contributed by atoms with Crippen molar-refractivity contribution in [2.24, 2.45) is 0 Å². The van der Waals surface area contributed by atoms with Gasteiger partial charge in [0.25, 0.3) is 5.91 Å². The number of rotatable bonds is 3. The van der Waals surface area contributed by atoms with Gasteiger partial charge in [0.2, 0.25) is 0 Å². The molecule has 0 aliphatic carbocycles. The number of ether oxygens (including phenoxy) is 1. The van der Waals surface area contributed by atoms with Crippen LogP contribution >= 0.6 is 0 Å². The molecule has 1 N–H and O–H groups in total. The molecule has 0 unspecified atom stereocenters. The maximum absolute atomic E-state index is 12.3. The molecule has 3 fully saturated rings. The minimum absolute atomic E-state index is 0.101. The molecule has 0 radical (unpaired) electrons. The number of nitrogens with zero attached hydrogens (tertiary/aromatic N) is 5. The summed E-state index contributed by atoms with van der Waals surface area (Å²) < 4.78 is 52.0. The molecule has 5 heterocycles. The third kappa shape index (κ3) is 4.92. The first-order valence-electron chi connectivity index (χ1n) is 14.8. The van der Waals surface area contributed by atoms with Crippen molar-refractivity contribution >= 4 is 33.1 Å². The van der Waals surface area contributed by atoms with E-state index in [0.717, 1.165) is 42.1 Å². The molecule has 39 heavy (non-hydrogen) atoms. The van der Waals surface area contributed by atoms with E-state index in [-0.39, 0.29) is 23.7 Å². The third-order valence-electron chi connectivity index (χ3n) is 8.28. The third-order valence-corrected chi connectivity index (χ3v) is 9.88.